The highest BCUT2D eigenvalue weighted by molar-refractivity contribution is 7.99. The van der Waals surface area contributed by atoms with Crippen molar-refractivity contribution in [3.63, 3.8) is 0 Å². The number of rotatable bonds is 7. The summed E-state index contributed by atoms with van der Waals surface area (Å²) in [6.45, 7) is 6.72. The molecule has 7 heteroatoms. The van der Waals surface area contributed by atoms with Crippen LogP contribution >= 0.6 is 11.8 Å². The van der Waals surface area contributed by atoms with E-state index >= 15 is 0 Å². The molecule has 4 aromatic rings. The number of fused-ring (bicyclic) bond motifs is 3. The van der Waals surface area contributed by atoms with E-state index in [0.29, 0.717) is 30.1 Å². The molecule has 0 saturated heterocycles. The first-order chi connectivity index (χ1) is 13.7. The molecule has 0 aliphatic carbocycles. The van der Waals surface area contributed by atoms with E-state index < -0.39 is 0 Å². The molecule has 0 atom stereocenters. The number of thioether (sulfide) groups is 1. The van der Waals surface area contributed by atoms with E-state index in [-0.39, 0.29) is 5.56 Å². The number of hydrogen-bond donors (Lipinski definition) is 0. The van der Waals surface area contributed by atoms with Gasteiger partial charge in [-0.15, -0.1) is 16.8 Å². The normalized spacial score (nSPS) is 11.2. The number of aromatic nitrogens is 4. The van der Waals surface area contributed by atoms with Gasteiger partial charge in [-0.25, -0.2) is 0 Å². The third-order valence-electron chi connectivity index (χ3n) is 4.36. The first-order valence-electron chi connectivity index (χ1n) is 8.99. The molecule has 0 saturated carbocycles. The van der Waals surface area contributed by atoms with Crippen LogP contribution in [0.25, 0.3) is 16.7 Å². The van der Waals surface area contributed by atoms with Crippen molar-refractivity contribution < 1.29 is 4.74 Å². The Morgan fingerprint density at radius 3 is 2.86 bits per heavy atom. The smallest absolute Gasteiger partial charge is 0.263 e. The van der Waals surface area contributed by atoms with Crippen molar-refractivity contribution in [2.75, 3.05) is 12.4 Å². The van der Waals surface area contributed by atoms with Gasteiger partial charge in [0.25, 0.3) is 5.56 Å². The van der Waals surface area contributed by atoms with Crippen molar-refractivity contribution in [1.29, 1.82) is 0 Å². The summed E-state index contributed by atoms with van der Waals surface area (Å²) in [5, 5.41) is 9.94. The summed E-state index contributed by atoms with van der Waals surface area (Å²) in [7, 11) is 0. The Balaban J connectivity index is 1.63. The molecule has 2 aromatic heterocycles. The Hall–Kier alpha value is -3.06. The van der Waals surface area contributed by atoms with Gasteiger partial charge in [0.1, 0.15) is 5.75 Å². The molecule has 28 heavy (non-hydrogen) atoms. The van der Waals surface area contributed by atoms with Gasteiger partial charge in [0.15, 0.2) is 5.16 Å². The topological polar surface area (TPSA) is 61.4 Å². The molecule has 0 fully saturated rings. The van der Waals surface area contributed by atoms with E-state index in [4.69, 9.17) is 4.74 Å². The molecule has 0 bridgehead atoms. The summed E-state index contributed by atoms with van der Waals surface area (Å²) in [5.41, 5.74) is 1.88. The minimum Gasteiger partial charge on any atom is -0.493 e. The second-order valence-electron chi connectivity index (χ2n) is 6.35. The number of aryl methyl sites for hydroxylation is 1. The number of para-hydroxylation sites is 1. The molecular formula is C21H20N4O2S. The minimum atomic E-state index is -0.0882. The maximum atomic E-state index is 12.8. The second kappa shape index (κ2) is 7.90. The van der Waals surface area contributed by atoms with Gasteiger partial charge in [0.05, 0.1) is 17.5 Å². The molecule has 0 aliphatic rings. The number of hydrogen-bond acceptors (Lipinski definition) is 5. The molecule has 0 unspecified atom stereocenters. The van der Waals surface area contributed by atoms with Crippen LogP contribution in [0.3, 0.4) is 0 Å². The molecule has 0 aliphatic heterocycles. The van der Waals surface area contributed by atoms with E-state index in [1.807, 2.05) is 59.9 Å². The highest BCUT2D eigenvalue weighted by Gasteiger charge is 2.16. The van der Waals surface area contributed by atoms with Gasteiger partial charge < -0.3 is 4.74 Å². The van der Waals surface area contributed by atoms with Crippen molar-refractivity contribution in [2.24, 2.45) is 0 Å². The third-order valence-corrected chi connectivity index (χ3v) is 5.26. The van der Waals surface area contributed by atoms with Crippen LogP contribution in [-0.2, 0) is 6.54 Å². The minimum absolute atomic E-state index is 0.0882. The van der Waals surface area contributed by atoms with Gasteiger partial charge in [-0.1, -0.05) is 42.1 Å². The van der Waals surface area contributed by atoms with Gasteiger partial charge >= 0.3 is 0 Å². The fourth-order valence-corrected chi connectivity index (χ4v) is 3.88. The molecule has 0 amide bonds. The number of ether oxygens (including phenoxy) is 1. The van der Waals surface area contributed by atoms with Crippen LogP contribution in [0.4, 0.5) is 0 Å². The Bertz CT molecular complexity index is 1210. The largest absolute Gasteiger partial charge is 0.493 e. The molecule has 142 valence electrons. The van der Waals surface area contributed by atoms with Crippen LogP contribution in [0.15, 0.2) is 71.1 Å². The van der Waals surface area contributed by atoms with Crippen LogP contribution in [0.1, 0.15) is 5.56 Å². The molecule has 2 aromatic carbocycles. The predicted octanol–water partition coefficient (Wildman–Crippen LogP) is 3.71. The molecule has 0 radical (unpaired) electrons. The summed E-state index contributed by atoms with van der Waals surface area (Å²) in [6.07, 6.45) is 1.69. The van der Waals surface area contributed by atoms with E-state index in [1.165, 1.54) is 5.56 Å². The van der Waals surface area contributed by atoms with Crippen molar-refractivity contribution in [1.82, 2.24) is 19.2 Å². The lowest BCUT2D eigenvalue weighted by Gasteiger charge is -2.10. The average Bonchev–Trinajstić information content (AvgIpc) is 3.12. The number of benzene rings is 2. The summed E-state index contributed by atoms with van der Waals surface area (Å²) >= 11 is 1.55. The first kappa shape index (κ1) is 18.3. The molecule has 4 rings (SSSR count). The van der Waals surface area contributed by atoms with Crippen molar-refractivity contribution in [2.45, 2.75) is 18.6 Å². The summed E-state index contributed by atoms with van der Waals surface area (Å²) < 4.78 is 9.34. The van der Waals surface area contributed by atoms with Crippen LogP contribution in [-0.4, -0.2) is 31.5 Å². The molecular weight excluding hydrogens is 372 g/mol. The van der Waals surface area contributed by atoms with Gasteiger partial charge in [0.2, 0.25) is 5.78 Å². The second-order valence-corrected chi connectivity index (χ2v) is 7.42. The monoisotopic (exact) mass is 392 g/mol. The van der Waals surface area contributed by atoms with Crippen LogP contribution in [0.5, 0.6) is 5.75 Å². The highest BCUT2D eigenvalue weighted by atomic mass is 32.2. The standard InChI is InChI=1S/C21H20N4O2S/c1-3-11-24-19(26)17-9-4-5-10-18(17)25-20(24)22-23-21(25)28-13-12-27-16-8-6-7-15(2)14-16/h3-10,14H,1,11-13H2,2H3. The van der Waals surface area contributed by atoms with Crippen LogP contribution in [0.2, 0.25) is 0 Å². The first-order valence-corrected chi connectivity index (χ1v) is 9.97. The molecule has 6 nitrogen and oxygen atoms in total. The van der Waals surface area contributed by atoms with Crippen molar-refractivity contribution in [3.8, 4) is 5.75 Å². The number of allylic oxidation sites excluding steroid dienone is 1. The maximum absolute atomic E-state index is 12.8. The molecule has 2 heterocycles. The Morgan fingerprint density at radius 2 is 2.04 bits per heavy atom. The van der Waals surface area contributed by atoms with Crippen LogP contribution < -0.4 is 10.3 Å². The molecule has 0 N–H and O–H groups in total. The lowest BCUT2D eigenvalue weighted by atomic mass is 10.2. The summed E-state index contributed by atoms with van der Waals surface area (Å²) in [4.78, 5) is 12.8. The zero-order valence-corrected chi connectivity index (χ0v) is 16.4. The van der Waals surface area contributed by atoms with Gasteiger partial charge in [-0.2, -0.15) is 0 Å². The zero-order valence-electron chi connectivity index (χ0n) is 15.5. The number of nitrogens with zero attached hydrogens (tertiary/aromatic N) is 4. The SMILES string of the molecule is C=CCn1c(=O)c2ccccc2n2c(SCCOc3cccc(C)c3)nnc12. The fourth-order valence-electron chi connectivity index (χ4n) is 3.12. The van der Waals surface area contributed by atoms with Crippen molar-refractivity contribution >= 4 is 28.4 Å². The van der Waals surface area contributed by atoms with Crippen LogP contribution in [0, 0.1) is 6.92 Å². The Kier molecular flexibility index (Phi) is 5.16. The lowest BCUT2D eigenvalue weighted by molar-refractivity contribution is 0.343. The summed E-state index contributed by atoms with van der Waals surface area (Å²) in [5.74, 6) is 2.09. The van der Waals surface area contributed by atoms with E-state index in [9.17, 15) is 4.79 Å². The average molecular weight is 392 g/mol. The third kappa shape index (κ3) is 3.41. The van der Waals surface area contributed by atoms with E-state index in [1.54, 1.807) is 22.4 Å². The van der Waals surface area contributed by atoms with Gasteiger partial charge in [-0.05, 0) is 36.8 Å². The maximum Gasteiger partial charge on any atom is 0.263 e. The molecule has 0 spiro atoms. The van der Waals surface area contributed by atoms with E-state index in [2.05, 4.69) is 16.8 Å². The quantitative estimate of drug-likeness (QED) is 0.273. The summed E-state index contributed by atoms with van der Waals surface area (Å²) in [6, 6.07) is 15.5. The van der Waals surface area contributed by atoms with Gasteiger partial charge in [0, 0.05) is 12.3 Å². The highest BCUT2D eigenvalue weighted by Crippen LogP contribution is 2.22. The Morgan fingerprint density at radius 1 is 1.18 bits per heavy atom. The lowest BCUT2D eigenvalue weighted by Crippen LogP contribution is -2.22. The van der Waals surface area contributed by atoms with Gasteiger partial charge in [-0.3, -0.25) is 13.8 Å². The van der Waals surface area contributed by atoms with Crippen molar-refractivity contribution in [3.05, 3.63) is 77.1 Å². The Labute approximate surface area is 166 Å². The predicted molar refractivity (Wildman–Crippen MR) is 112 cm³/mol. The fraction of sp³-hybridized carbons (Fsp3) is 0.190. The zero-order chi connectivity index (χ0) is 19.5. The van der Waals surface area contributed by atoms with E-state index in [0.717, 1.165) is 16.4 Å².